The van der Waals surface area contributed by atoms with E-state index in [1.165, 1.54) is 12.1 Å². The first-order chi connectivity index (χ1) is 8.34. The summed E-state index contributed by atoms with van der Waals surface area (Å²) in [7, 11) is 0. The summed E-state index contributed by atoms with van der Waals surface area (Å²) in [5.41, 5.74) is -2.19. The molecule has 2 N–H and O–H groups in total. The number of amides is 1. The van der Waals surface area contributed by atoms with E-state index in [1.807, 2.05) is 0 Å². The number of carbonyl (C=O) groups excluding carboxylic acids is 1. The summed E-state index contributed by atoms with van der Waals surface area (Å²) in [5.74, 6) is -2.25. The van der Waals surface area contributed by atoms with E-state index in [0.29, 0.717) is 0 Å². The molecule has 0 spiro atoms. The predicted octanol–water partition coefficient (Wildman–Crippen LogP) is 0.769. The molecular weight excluding hydrogens is 244 g/mol. The molecule has 1 aromatic rings. The van der Waals surface area contributed by atoms with Gasteiger partial charge >= 0.3 is 5.97 Å². The number of non-ortho nitro benzene ring substituents is 1. The van der Waals surface area contributed by atoms with Crippen molar-refractivity contribution in [3.05, 3.63) is 28.3 Å². The molecule has 0 radical (unpaired) electrons. The first-order valence-electron chi connectivity index (χ1n) is 4.87. The molecule has 1 amide bonds. The highest BCUT2D eigenvalue weighted by Gasteiger charge is 2.47. The first-order valence-corrected chi connectivity index (χ1v) is 4.87. The summed E-state index contributed by atoms with van der Waals surface area (Å²) in [5, 5.41) is 21.8. The van der Waals surface area contributed by atoms with Crippen LogP contribution in [0, 0.1) is 10.1 Å². The number of aliphatic carboxylic acids is 1. The molecule has 0 saturated heterocycles. The number of ether oxygens (including phenoxy) is 1. The Balaban J connectivity index is 2.46. The molecule has 1 aliphatic heterocycles. The lowest BCUT2D eigenvalue weighted by Gasteiger charge is -2.30. The molecule has 0 fully saturated rings. The Morgan fingerprint density at radius 1 is 1.56 bits per heavy atom. The van der Waals surface area contributed by atoms with Crippen LogP contribution in [0.2, 0.25) is 0 Å². The van der Waals surface area contributed by atoms with E-state index >= 15 is 0 Å². The number of hydrogen-bond acceptors (Lipinski definition) is 5. The van der Waals surface area contributed by atoms with Gasteiger partial charge in [-0.25, -0.2) is 4.79 Å². The van der Waals surface area contributed by atoms with Gasteiger partial charge in [0.25, 0.3) is 17.2 Å². The van der Waals surface area contributed by atoms with Crippen molar-refractivity contribution in [2.45, 2.75) is 12.5 Å². The van der Waals surface area contributed by atoms with Crippen molar-refractivity contribution in [2.24, 2.45) is 0 Å². The van der Waals surface area contributed by atoms with Gasteiger partial charge in [0, 0.05) is 12.1 Å². The van der Waals surface area contributed by atoms with Crippen LogP contribution in [0.1, 0.15) is 6.92 Å². The number of benzene rings is 1. The van der Waals surface area contributed by atoms with Gasteiger partial charge in [-0.1, -0.05) is 0 Å². The largest absolute Gasteiger partial charge is 0.478 e. The van der Waals surface area contributed by atoms with Crippen molar-refractivity contribution >= 4 is 23.3 Å². The van der Waals surface area contributed by atoms with Crippen LogP contribution < -0.4 is 10.1 Å². The Kier molecular flexibility index (Phi) is 2.43. The zero-order chi connectivity index (χ0) is 13.5. The molecule has 0 aromatic heterocycles. The predicted molar refractivity (Wildman–Crippen MR) is 58.4 cm³/mol. The third-order valence-corrected chi connectivity index (χ3v) is 2.58. The van der Waals surface area contributed by atoms with Crippen molar-refractivity contribution in [3.63, 3.8) is 0 Å². The van der Waals surface area contributed by atoms with Crippen molar-refractivity contribution < 1.29 is 24.4 Å². The zero-order valence-electron chi connectivity index (χ0n) is 9.17. The minimum atomic E-state index is -2.04. The van der Waals surface area contributed by atoms with E-state index in [4.69, 9.17) is 9.84 Å². The second-order valence-electron chi connectivity index (χ2n) is 3.83. The number of rotatable bonds is 2. The Morgan fingerprint density at radius 3 is 2.78 bits per heavy atom. The summed E-state index contributed by atoms with van der Waals surface area (Å²) in [6, 6.07) is 3.52. The highest BCUT2D eigenvalue weighted by Crippen LogP contribution is 2.36. The molecule has 1 aromatic carbocycles. The van der Waals surface area contributed by atoms with Crippen molar-refractivity contribution in [2.75, 3.05) is 5.32 Å². The van der Waals surface area contributed by atoms with Crippen LogP contribution in [0.3, 0.4) is 0 Å². The Hall–Kier alpha value is -2.64. The second-order valence-corrected chi connectivity index (χ2v) is 3.83. The molecule has 8 nitrogen and oxygen atoms in total. The van der Waals surface area contributed by atoms with Crippen LogP contribution in [-0.2, 0) is 9.59 Å². The van der Waals surface area contributed by atoms with Crippen LogP contribution in [-0.4, -0.2) is 27.5 Å². The average molecular weight is 252 g/mol. The molecule has 8 heteroatoms. The van der Waals surface area contributed by atoms with Crippen LogP contribution in [0.5, 0.6) is 5.75 Å². The smallest absolute Gasteiger partial charge is 0.357 e. The lowest BCUT2D eigenvalue weighted by molar-refractivity contribution is -0.384. The quantitative estimate of drug-likeness (QED) is 0.455. The summed E-state index contributed by atoms with van der Waals surface area (Å²) in [4.78, 5) is 32.5. The van der Waals surface area contributed by atoms with Crippen LogP contribution >= 0.6 is 0 Å². The molecule has 94 valence electrons. The standard InChI is InChI=1S/C10H8N2O6/c1-10(9(14)15)8(13)11-6-4-5(12(16)17)2-3-7(6)18-10/h2-4H,1H3,(H,11,13)(H,14,15)/t10-/m1/s1. The highest BCUT2D eigenvalue weighted by atomic mass is 16.6. The topological polar surface area (TPSA) is 119 Å². The van der Waals surface area contributed by atoms with E-state index in [9.17, 15) is 19.7 Å². The van der Waals surface area contributed by atoms with Crippen LogP contribution in [0.15, 0.2) is 18.2 Å². The van der Waals surface area contributed by atoms with Gasteiger partial charge in [0.2, 0.25) is 0 Å². The number of fused-ring (bicyclic) bond motifs is 1. The van der Waals surface area contributed by atoms with Crippen LogP contribution in [0.4, 0.5) is 11.4 Å². The monoisotopic (exact) mass is 252 g/mol. The summed E-state index contributed by atoms with van der Waals surface area (Å²) in [6.45, 7) is 1.11. The number of nitro groups is 1. The molecule has 0 aliphatic carbocycles. The molecule has 1 heterocycles. The average Bonchev–Trinajstić information content (AvgIpc) is 2.29. The number of hydrogen-bond donors (Lipinski definition) is 2. The number of anilines is 1. The summed E-state index contributed by atoms with van der Waals surface area (Å²) >= 11 is 0. The number of nitrogens with one attached hydrogen (secondary N) is 1. The van der Waals surface area contributed by atoms with Gasteiger partial charge in [-0.05, 0) is 13.0 Å². The SMILES string of the molecule is C[C@@]1(C(=O)O)Oc2ccc([N+](=O)[O-])cc2NC1=O. The fourth-order valence-electron chi connectivity index (χ4n) is 1.47. The maximum atomic E-state index is 11.6. The van der Waals surface area contributed by atoms with Crippen LogP contribution in [0.25, 0.3) is 0 Å². The summed E-state index contributed by atoms with van der Waals surface area (Å²) < 4.78 is 5.09. The van der Waals surface area contributed by atoms with Gasteiger partial charge in [-0.2, -0.15) is 0 Å². The molecule has 0 unspecified atom stereocenters. The van der Waals surface area contributed by atoms with E-state index < -0.39 is 22.4 Å². The number of carbonyl (C=O) groups is 2. The third kappa shape index (κ3) is 1.63. The minimum Gasteiger partial charge on any atom is -0.478 e. The number of nitrogens with zero attached hydrogens (tertiary/aromatic N) is 1. The maximum Gasteiger partial charge on any atom is 0.357 e. The second kappa shape index (κ2) is 3.69. The molecule has 0 saturated carbocycles. The lowest BCUT2D eigenvalue weighted by Crippen LogP contribution is -2.54. The highest BCUT2D eigenvalue weighted by molar-refractivity contribution is 6.13. The number of carboxylic acids is 1. The Labute approximate surface area is 100 Å². The number of carboxylic acid groups (broad SMARTS) is 1. The van der Waals surface area contributed by atoms with Gasteiger partial charge in [-0.3, -0.25) is 14.9 Å². The van der Waals surface area contributed by atoms with Gasteiger partial charge in [0.15, 0.2) is 0 Å². The van der Waals surface area contributed by atoms with E-state index in [0.717, 1.165) is 13.0 Å². The molecule has 0 bridgehead atoms. The van der Waals surface area contributed by atoms with Crippen molar-refractivity contribution in [1.82, 2.24) is 0 Å². The number of nitro benzene ring substituents is 1. The molecule has 18 heavy (non-hydrogen) atoms. The fourth-order valence-corrected chi connectivity index (χ4v) is 1.47. The normalized spacial score (nSPS) is 21.5. The third-order valence-electron chi connectivity index (χ3n) is 2.58. The van der Waals surface area contributed by atoms with Gasteiger partial charge < -0.3 is 15.2 Å². The maximum absolute atomic E-state index is 11.6. The molecule has 2 rings (SSSR count). The van der Waals surface area contributed by atoms with E-state index in [-0.39, 0.29) is 17.1 Å². The Bertz CT molecular complexity index is 569. The first kappa shape index (κ1) is 11.8. The van der Waals surface area contributed by atoms with Gasteiger partial charge in [0.1, 0.15) is 5.75 Å². The van der Waals surface area contributed by atoms with E-state index in [1.54, 1.807) is 0 Å². The molecule has 1 atom stereocenters. The molecule has 1 aliphatic rings. The van der Waals surface area contributed by atoms with Crippen molar-refractivity contribution in [1.29, 1.82) is 0 Å². The van der Waals surface area contributed by atoms with E-state index in [2.05, 4.69) is 5.32 Å². The zero-order valence-corrected chi connectivity index (χ0v) is 9.17. The fraction of sp³-hybridized carbons (Fsp3) is 0.200. The Morgan fingerprint density at radius 2 is 2.22 bits per heavy atom. The van der Waals surface area contributed by atoms with Crippen molar-refractivity contribution in [3.8, 4) is 5.75 Å². The summed E-state index contributed by atoms with van der Waals surface area (Å²) in [6.07, 6.45) is 0. The van der Waals surface area contributed by atoms with Gasteiger partial charge in [0.05, 0.1) is 10.6 Å². The molecular formula is C10H8N2O6. The van der Waals surface area contributed by atoms with Gasteiger partial charge in [-0.15, -0.1) is 0 Å². The lowest BCUT2D eigenvalue weighted by atomic mass is 10.0. The minimum absolute atomic E-state index is 0.0742.